The smallest absolute Gasteiger partial charge is 0.178 e. The summed E-state index contributed by atoms with van der Waals surface area (Å²) in [6, 6.07) is 8.28. The molecule has 2 nitrogen and oxygen atoms in total. The van der Waals surface area contributed by atoms with Crippen LogP contribution in [-0.2, 0) is 9.47 Å². The van der Waals surface area contributed by atoms with E-state index in [0.29, 0.717) is 0 Å². The molecule has 0 saturated carbocycles. The Labute approximate surface area is 110 Å². The lowest BCUT2D eigenvalue weighted by molar-refractivity contribution is -0.0499. The molecule has 1 aliphatic heterocycles. The first-order valence-electron chi connectivity index (χ1n) is 6.41. The maximum atomic E-state index is 5.92. The Morgan fingerprint density at radius 1 is 1.00 bits per heavy atom. The third kappa shape index (κ3) is 2.50. The van der Waals surface area contributed by atoms with Gasteiger partial charge in [-0.15, -0.1) is 0 Å². The minimum absolute atomic E-state index is 0.269. The average Bonchev–Trinajstić information content (AvgIpc) is 2.46. The van der Waals surface area contributed by atoms with Gasteiger partial charge in [-0.1, -0.05) is 30.3 Å². The van der Waals surface area contributed by atoms with E-state index in [1.807, 2.05) is 18.2 Å². The largest absolute Gasteiger partial charge is 0.340 e. The fourth-order valence-electron chi connectivity index (χ4n) is 1.92. The third-order valence-electron chi connectivity index (χ3n) is 3.89. The fourth-order valence-corrected chi connectivity index (χ4v) is 1.92. The summed E-state index contributed by atoms with van der Waals surface area (Å²) >= 11 is 0. The summed E-state index contributed by atoms with van der Waals surface area (Å²) < 4.78 is 11.8. The predicted octanol–water partition coefficient (Wildman–Crippen LogP) is 3.94. The Balaban J connectivity index is 2.11. The summed E-state index contributed by atoms with van der Waals surface area (Å²) in [4.78, 5) is 0. The number of hydrogen-bond donors (Lipinski definition) is 0. The van der Waals surface area contributed by atoms with Gasteiger partial charge in [0.1, 0.15) is 0 Å². The van der Waals surface area contributed by atoms with Gasteiger partial charge in [0.25, 0.3) is 0 Å². The minimum Gasteiger partial charge on any atom is -0.340 e. The molecule has 98 valence electrons. The van der Waals surface area contributed by atoms with Gasteiger partial charge in [-0.2, -0.15) is 0 Å². The third-order valence-corrected chi connectivity index (χ3v) is 3.89. The zero-order valence-electron chi connectivity index (χ0n) is 11.9. The maximum absolute atomic E-state index is 5.92. The minimum atomic E-state index is -0.270. The van der Waals surface area contributed by atoms with Gasteiger partial charge in [0.05, 0.1) is 11.2 Å². The second-order valence-corrected chi connectivity index (χ2v) is 5.84. The molecule has 0 N–H and O–H groups in total. The van der Waals surface area contributed by atoms with Gasteiger partial charge in [-0.3, -0.25) is 0 Å². The topological polar surface area (TPSA) is 18.5 Å². The Bertz CT molecular complexity index is 442. The number of rotatable bonds is 2. The Morgan fingerprint density at radius 3 is 2.11 bits per heavy atom. The molecule has 0 amide bonds. The zero-order valence-corrected chi connectivity index (χ0v) is 11.9. The van der Waals surface area contributed by atoms with Gasteiger partial charge >= 0.3 is 0 Å². The Kier molecular flexibility index (Phi) is 3.35. The SMILES string of the molecule is Cc1ccccc1/C=C/C1OC(C)(C)C(C)(C)O1. The molecule has 1 aliphatic rings. The molecular formula is C16H22O2. The van der Waals surface area contributed by atoms with Crippen LogP contribution in [0.4, 0.5) is 0 Å². The lowest BCUT2D eigenvalue weighted by Gasteiger charge is -2.30. The van der Waals surface area contributed by atoms with Crippen LogP contribution in [0.2, 0.25) is 0 Å². The second-order valence-electron chi connectivity index (χ2n) is 5.84. The molecule has 0 aliphatic carbocycles. The van der Waals surface area contributed by atoms with Crippen LogP contribution in [0.1, 0.15) is 38.8 Å². The van der Waals surface area contributed by atoms with E-state index < -0.39 is 0 Å². The summed E-state index contributed by atoms with van der Waals surface area (Å²) in [6.07, 6.45) is 3.78. The molecule has 1 fully saturated rings. The van der Waals surface area contributed by atoms with Crippen molar-refractivity contribution in [2.75, 3.05) is 0 Å². The van der Waals surface area contributed by atoms with Gasteiger partial charge in [-0.25, -0.2) is 0 Å². The van der Waals surface area contributed by atoms with Crippen molar-refractivity contribution in [3.05, 3.63) is 41.5 Å². The van der Waals surface area contributed by atoms with Crippen molar-refractivity contribution >= 4 is 6.08 Å². The van der Waals surface area contributed by atoms with Crippen molar-refractivity contribution in [3.8, 4) is 0 Å². The zero-order chi connectivity index (χ0) is 13.4. The van der Waals surface area contributed by atoms with Crippen molar-refractivity contribution < 1.29 is 9.47 Å². The average molecular weight is 246 g/mol. The normalized spacial score (nSPS) is 22.7. The summed E-state index contributed by atoms with van der Waals surface area (Å²) in [5.74, 6) is 0. The standard InChI is InChI=1S/C16H22O2/c1-12-8-6-7-9-13(12)10-11-14-17-15(2,3)16(4,5)18-14/h6-11,14H,1-5H3/b11-10+. The van der Waals surface area contributed by atoms with Crippen LogP contribution in [-0.4, -0.2) is 17.5 Å². The second kappa shape index (κ2) is 4.52. The molecule has 1 aromatic rings. The van der Waals surface area contributed by atoms with Crippen LogP contribution in [0.5, 0.6) is 0 Å². The first kappa shape index (κ1) is 13.3. The summed E-state index contributed by atoms with van der Waals surface area (Å²) in [5.41, 5.74) is 1.92. The fraction of sp³-hybridized carbons (Fsp3) is 0.500. The molecule has 1 heterocycles. The quantitative estimate of drug-likeness (QED) is 0.787. The lowest BCUT2D eigenvalue weighted by Crippen LogP contribution is -2.41. The summed E-state index contributed by atoms with van der Waals surface area (Å²) in [5, 5.41) is 0. The highest BCUT2D eigenvalue weighted by atomic mass is 16.7. The first-order valence-corrected chi connectivity index (χ1v) is 6.41. The highest BCUT2D eigenvalue weighted by molar-refractivity contribution is 5.53. The van der Waals surface area contributed by atoms with Gasteiger partial charge in [0.15, 0.2) is 6.29 Å². The molecule has 0 aromatic heterocycles. The highest BCUT2D eigenvalue weighted by Crippen LogP contribution is 2.38. The molecule has 2 rings (SSSR count). The van der Waals surface area contributed by atoms with Crippen molar-refractivity contribution in [2.24, 2.45) is 0 Å². The van der Waals surface area contributed by atoms with E-state index in [0.717, 1.165) is 0 Å². The molecule has 1 saturated heterocycles. The molecular weight excluding hydrogens is 224 g/mol. The highest BCUT2D eigenvalue weighted by Gasteiger charge is 2.48. The molecule has 1 aromatic carbocycles. The number of ether oxygens (including phenoxy) is 2. The molecule has 0 unspecified atom stereocenters. The van der Waals surface area contributed by atoms with Crippen molar-refractivity contribution in [1.82, 2.24) is 0 Å². The summed E-state index contributed by atoms with van der Waals surface area (Å²) in [6.45, 7) is 10.4. The van der Waals surface area contributed by atoms with E-state index in [9.17, 15) is 0 Å². The van der Waals surface area contributed by atoms with Crippen LogP contribution in [0, 0.1) is 6.92 Å². The van der Waals surface area contributed by atoms with Gasteiger partial charge in [-0.05, 0) is 51.8 Å². The Hall–Kier alpha value is -1.12. The monoisotopic (exact) mass is 246 g/mol. The van der Waals surface area contributed by atoms with Crippen LogP contribution < -0.4 is 0 Å². The molecule has 0 atom stereocenters. The molecule has 18 heavy (non-hydrogen) atoms. The number of aryl methyl sites for hydroxylation is 1. The summed E-state index contributed by atoms with van der Waals surface area (Å²) in [7, 11) is 0. The molecule has 0 radical (unpaired) electrons. The molecule has 2 heteroatoms. The predicted molar refractivity (Wildman–Crippen MR) is 74.3 cm³/mol. The van der Waals surface area contributed by atoms with Crippen LogP contribution in [0.25, 0.3) is 6.08 Å². The van der Waals surface area contributed by atoms with Gasteiger partial charge < -0.3 is 9.47 Å². The van der Waals surface area contributed by atoms with E-state index in [-0.39, 0.29) is 17.5 Å². The number of hydrogen-bond acceptors (Lipinski definition) is 2. The maximum Gasteiger partial charge on any atom is 0.178 e. The lowest BCUT2D eigenvalue weighted by atomic mass is 9.90. The van der Waals surface area contributed by atoms with E-state index >= 15 is 0 Å². The van der Waals surface area contributed by atoms with Crippen LogP contribution >= 0.6 is 0 Å². The van der Waals surface area contributed by atoms with Crippen molar-refractivity contribution in [2.45, 2.75) is 52.1 Å². The van der Waals surface area contributed by atoms with Crippen LogP contribution in [0.3, 0.4) is 0 Å². The van der Waals surface area contributed by atoms with Crippen molar-refractivity contribution in [1.29, 1.82) is 0 Å². The number of benzene rings is 1. The van der Waals surface area contributed by atoms with E-state index in [2.05, 4.69) is 52.8 Å². The first-order chi connectivity index (χ1) is 8.32. The van der Waals surface area contributed by atoms with E-state index in [1.54, 1.807) is 0 Å². The van der Waals surface area contributed by atoms with Gasteiger partial charge in [0.2, 0.25) is 0 Å². The van der Waals surface area contributed by atoms with E-state index in [4.69, 9.17) is 9.47 Å². The Morgan fingerprint density at radius 2 is 1.56 bits per heavy atom. The van der Waals surface area contributed by atoms with Gasteiger partial charge in [0, 0.05) is 0 Å². The van der Waals surface area contributed by atoms with Crippen molar-refractivity contribution in [3.63, 3.8) is 0 Å². The van der Waals surface area contributed by atoms with Crippen LogP contribution in [0.15, 0.2) is 30.3 Å². The van der Waals surface area contributed by atoms with E-state index in [1.165, 1.54) is 11.1 Å². The molecule has 0 bridgehead atoms. The molecule has 0 spiro atoms.